The van der Waals surface area contributed by atoms with Gasteiger partial charge in [-0.3, -0.25) is 4.18 Å². The van der Waals surface area contributed by atoms with Crippen LogP contribution in [0.5, 0.6) is 0 Å². The molecule has 0 fully saturated rings. The monoisotopic (exact) mass is 166 g/mol. The lowest BCUT2D eigenvalue weighted by Gasteiger charge is -2.23. The van der Waals surface area contributed by atoms with Gasteiger partial charge in [0.1, 0.15) is 0 Å². The van der Waals surface area contributed by atoms with E-state index in [2.05, 4.69) is 4.18 Å². The van der Waals surface area contributed by atoms with Crippen LogP contribution in [0.3, 0.4) is 0 Å². The van der Waals surface area contributed by atoms with Crippen LogP contribution in [0.25, 0.3) is 0 Å². The summed E-state index contributed by atoms with van der Waals surface area (Å²) in [6, 6.07) is 0. The van der Waals surface area contributed by atoms with Crippen molar-refractivity contribution in [2.75, 3.05) is 0 Å². The molecule has 0 amide bonds. The maximum atomic E-state index is 10.1. The first-order valence-corrected chi connectivity index (χ1v) is 4.24. The number of rotatable bonds is 2. The van der Waals surface area contributed by atoms with E-state index in [1.165, 1.54) is 0 Å². The minimum Gasteiger partial charge on any atom is -0.269 e. The fourth-order valence-corrected chi connectivity index (χ4v) is 0.862. The average Bonchev–Trinajstić information content (AvgIpc) is 1.60. The zero-order chi connectivity index (χ0) is 8.36. The Kier molecular flexibility index (Phi) is 3.31. The molecule has 0 aromatic heterocycles. The largest absolute Gasteiger partial charge is 0.269 e. The summed E-state index contributed by atoms with van der Waals surface area (Å²) >= 11 is 0. The van der Waals surface area contributed by atoms with Crippen molar-refractivity contribution in [2.45, 2.75) is 33.8 Å². The molecule has 0 N–H and O–H groups in total. The Hall–Kier alpha value is -0.0900. The van der Waals surface area contributed by atoms with Gasteiger partial charge in [-0.1, -0.05) is 20.8 Å². The zero-order valence-electron chi connectivity index (χ0n) is 6.75. The smallest absolute Gasteiger partial charge is 0.257 e. The predicted molar refractivity (Wildman–Crippen MR) is 40.3 cm³/mol. The summed E-state index contributed by atoms with van der Waals surface area (Å²) in [5, 5.41) is 0. The lowest BCUT2D eigenvalue weighted by atomic mass is 9.91. The van der Waals surface area contributed by atoms with Crippen molar-refractivity contribution < 1.29 is 12.6 Å². The van der Waals surface area contributed by atoms with Crippen LogP contribution in [0.4, 0.5) is 0 Å². The van der Waals surface area contributed by atoms with Crippen LogP contribution >= 0.6 is 0 Å². The second-order valence-electron chi connectivity index (χ2n) is 3.34. The van der Waals surface area contributed by atoms with Gasteiger partial charge in [0.25, 0.3) is 11.0 Å². The standard InChI is InChI=1S/C6H14O3S/c1-5(6(2,3)4)9-10(7)8/h5,10H,1-4H3. The summed E-state index contributed by atoms with van der Waals surface area (Å²) < 4.78 is 24.7. The minimum absolute atomic E-state index is 0.116. The van der Waals surface area contributed by atoms with E-state index in [9.17, 15) is 8.42 Å². The van der Waals surface area contributed by atoms with Crippen molar-refractivity contribution in [2.24, 2.45) is 5.41 Å². The van der Waals surface area contributed by atoms with Crippen LogP contribution < -0.4 is 0 Å². The van der Waals surface area contributed by atoms with Gasteiger partial charge in [0.05, 0.1) is 6.10 Å². The molecule has 0 aliphatic carbocycles. The van der Waals surface area contributed by atoms with Crippen LogP contribution in [0.15, 0.2) is 0 Å². The summed E-state index contributed by atoms with van der Waals surface area (Å²) in [6.45, 7) is 7.52. The molecule has 3 nitrogen and oxygen atoms in total. The highest BCUT2D eigenvalue weighted by Gasteiger charge is 2.21. The van der Waals surface area contributed by atoms with E-state index >= 15 is 0 Å². The highest BCUT2D eigenvalue weighted by atomic mass is 32.2. The first kappa shape index (κ1) is 9.91. The molecule has 10 heavy (non-hydrogen) atoms. The summed E-state index contributed by atoms with van der Waals surface area (Å²) in [5.41, 5.74) is -0.116. The van der Waals surface area contributed by atoms with Crippen LogP contribution in [0, 0.1) is 5.41 Å². The Balaban J connectivity index is 3.97. The summed E-state index contributed by atoms with van der Waals surface area (Å²) in [5.74, 6) is 0. The molecule has 0 spiro atoms. The minimum atomic E-state index is -2.70. The van der Waals surface area contributed by atoms with Gasteiger partial charge < -0.3 is 0 Å². The fraction of sp³-hybridized carbons (Fsp3) is 1.00. The topological polar surface area (TPSA) is 43.4 Å². The van der Waals surface area contributed by atoms with E-state index in [1.54, 1.807) is 6.92 Å². The van der Waals surface area contributed by atoms with Crippen molar-refractivity contribution >= 4 is 11.0 Å². The van der Waals surface area contributed by atoms with Gasteiger partial charge in [0.2, 0.25) is 0 Å². The van der Waals surface area contributed by atoms with Crippen molar-refractivity contribution in [3.8, 4) is 0 Å². The Bertz CT molecular complexity index is 158. The molecule has 0 aliphatic heterocycles. The van der Waals surface area contributed by atoms with E-state index in [1.807, 2.05) is 20.8 Å². The van der Waals surface area contributed by atoms with Crippen LogP contribution in [0.1, 0.15) is 27.7 Å². The third-order valence-electron chi connectivity index (χ3n) is 1.46. The van der Waals surface area contributed by atoms with E-state index in [0.29, 0.717) is 0 Å². The van der Waals surface area contributed by atoms with Gasteiger partial charge in [0.15, 0.2) is 0 Å². The molecule has 0 saturated carbocycles. The quantitative estimate of drug-likeness (QED) is 0.621. The van der Waals surface area contributed by atoms with Gasteiger partial charge in [0, 0.05) is 0 Å². The summed E-state index contributed by atoms with van der Waals surface area (Å²) in [7, 11) is -2.70. The molecular formula is C6H14O3S. The van der Waals surface area contributed by atoms with Gasteiger partial charge in [-0.05, 0) is 12.3 Å². The van der Waals surface area contributed by atoms with Crippen LogP contribution in [-0.4, -0.2) is 14.5 Å². The van der Waals surface area contributed by atoms with Crippen molar-refractivity contribution in [3.63, 3.8) is 0 Å². The zero-order valence-corrected chi connectivity index (χ0v) is 7.64. The summed E-state index contributed by atoms with van der Waals surface area (Å²) in [6.07, 6.45) is -0.256. The third-order valence-corrected chi connectivity index (χ3v) is 1.95. The molecule has 1 unspecified atom stereocenters. The molecule has 0 aromatic carbocycles. The highest BCUT2D eigenvalue weighted by Crippen LogP contribution is 2.21. The van der Waals surface area contributed by atoms with Gasteiger partial charge in [-0.2, -0.15) is 0 Å². The molecule has 0 bridgehead atoms. The van der Waals surface area contributed by atoms with E-state index in [-0.39, 0.29) is 11.5 Å². The lowest BCUT2D eigenvalue weighted by molar-refractivity contribution is 0.116. The lowest BCUT2D eigenvalue weighted by Crippen LogP contribution is -2.25. The molecule has 0 aliphatic rings. The SMILES string of the molecule is CC(O[SH](=O)=O)C(C)(C)C. The number of hydrogen-bond acceptors (Lipinski definition) is 3. The Labute approximate surface area is 63.5 Å². The first-order valence-electron chi connectivity index (χ1n) is 3.15. The fourth-order valence-electron chi connectivity index (χ4n) is 0.287. The molecule has 0 saturated heterocycles. The maximum absolute atomic E-state index is 10.1. The number of hydrogen-bond donors (Lipinski definition) is 1. The molecule has 0 rings (SSSR count). The first-order chi connectivity index (χ1) is 4.34. The molecule has 0 radical (unpaired) electrons. The van der Waals surface area contributed by atoms with Gasteiger partial charge in [-0.15, -0.1) is 0 Å². The van der Waals surface area contributed by atoms with Crippen molar-refractivity contribution in [1.82, 2.24) is 0 Å². The van der Waals surface area contributed by atoms with Crippen molar-refractivity contribution in [3.05, 3.63) is 0 Å². The van der Waals surface area contributed by atoms with Crippen LogP contribution in [0.2, 0.25) is 0 Å². The molecule has 1 atom stereocenters. The maximum Gasteiger partial charge on any atom is 0.257 e. The van der Waals surface area contributed by atoms with E-state index < -0.39 is 11.0 Å². The van der Waals surface area contributed by atoms with E-state index in [0.717, 1.165) is 0 Å². The molecular weight excluding hydrogens is 152 g/mol. The van der Waals surface area contributed by atoms with Crippen LogP contribution in [-0.2, 0) is 15.2 Å². The predicted octanol–water partition coefficient (Wildman–Crippen LogP) is 0.964. The average molecular weight is 166 g/mol. The Morgan fingerprint density at radius 2 is 1.70 bits per heavy atom. The molecule has 0 heterocycles. The summed E-state index contributed by atoms with van der Waals surface area (Å²) in [4.78, 5) is 0. The Morgan fingerprint density at radius 1 is 1.30 bits per heavy atom. The van der Waals surface area contributed by atoms with Gasteiger partial charge >= 0.3 is 0 Å². The molecule has 0 aromatic rings. The Morgan fingerprint density at radius 3 is 1.80 bits per heavy atom. The second kappa shape index (κ2) is 3.34. The molecule has 62 valence electrons. The third kappa shape index (κ3) is 3.85. The highest BCUT2D eigenvalue weighted by molar-refractivity contribution is 7.67. The second-order valence-corrected chi connectivity index (χ2v) is 4.00. The molecule has 4 heteroatoms. The number of thiol groups is 1. The van der Waals surface area contributed by atoms with E-state index in [4.69, 9.17) is 0 Å². The van der Waals surface area contributed by atoms with Crippen molar-refractivity contribution in [1.29, 1.82) is 0 Å². The van der Waals surface area contributed by atoms with Gasteiger partial charge in [-0.25, -0.2) is 8.42 Å². The normalized spacial score (nSPS) is 15.7.